The molecule has 0 saturated heterocycles. The van der Waals surface area contributed by atoms with Crippen LogP contribution in [0.4, 0.5) is 0 Å². The topological polar surface area (TPSA) is 114 Å². The molecular weight excluding hydrogens is 1400 g/mol. The molecule has 10 unspecified atom stereocenters. The Morgan fingerprint density at radius 2 is 0.778 bits per heavy atom. The van der Waals surface area contributed by atoms with Crippen LogP contribution in [-0.2, 0) is 43.2 Å². The van der Waals surface area contributed by atoms with E-state index in [0.717, 1.165) is 142 Å². The highest BCUT2D eigenvalue weighted by atomic mass is 35.5. The molecule has 9 nitrogen and oxygen atoms in total. The minimum absolute atomic E-state index is 0.221. The van der Waals surface area contributed by atoms with Crippen LogP contribution in [0.1, 0.15) is 290 Å². The Bertz CT molecular complexity index is 3780. The van der Waals surface area contributed by atoms with Crippen LogP contribution in [0.3, 0.4) is 0 Å². The molecule has 5 saturated carbocycles. The van der Waals surface area contributed by atoms with Crippen molar-refractivity contribution in [2.45, 2.75) is 301 Å². The number of carbonyl (C=O) groups is 4. The van der Waals surface area contributed by atoms with E-state index >= 15 is 0 Å². The van der Waals surface area contributed by atoms with Gasteiger partial charge in [-0.25, -0.2) is 0 Å². The van der Waals surface area contributed by atoms with Gasteiger partial charge < -0.3 is 38.1 Å². The van der Waals surface area contributed by atoms with E-state index in [4.69, 9.17) is 58.5 Å². The molecule has 5 fully saturated rings. The molecule has 582 valence electrons. The van der Waals surface area contributed by atoms with Crippen LogP contribution in [0.2, 0.25) is 15.1 Å². The predicted molar refractivity (Wildman–Crippen MR) is 445 cm³/mol. The second kappa shape index (κ2) is 46.2. The fourth-order valence-corrected chi connectivity index (χ4v) is 16.7. The third kappa shape index (κ3) is 31.2. The summed E-state index contributed by atoms with van der Waals surface area (Å²) in [5.74, 6) is 7.60. The fourth-order valence-electron chi connectivity index (χ4n) is 16.2. The van der Waals surface area contributed by atoms with Crippen molar-refractivity contribution in [3.63, 3.8) is 0 Å². The first-order valence-electron chi connectivity index (χ1n) is 41.2. The Kier molecular flexibility index (Phi) is 36.4. The van der Waals surface area contributed by atoms with Gasteiger partial charge in [-0.05, 0) is 331 Å². The minimum Gasteiger partial charge on any atom is -0.493 e. The Balaban J connectivity index is 0.000000166. The summed E-state index contributed by atoms with van der Waals surface area (Å²) in [6.45, 7) is 11.6. The van der Waals surface area contributed by atoms with Gasteiger partial charge in [0.25, 0.3) is 0 Å². The van der Waals surface area contributed by atoms with Gasteiger partial charge in [-0.15, -0.1) is 0 Å². The predicted octanol–water partition coefficient (Wildman–Crippen LogP) is 26.2. The molecule has 7 aromatic carbocycles. The van der Waals surface area contributed by atoms with Crippen molar-refractivity contribution >= 4 is 57.9 Å². The lowest BCUT2D eigenvalue weighted by molar-refractivity contribution is -0.119. The van der Waals surface area contributed by atoms with Crippen molar-refractivity contribution in [3.05, 3.63) is 224 Å². The van der Waals surface area contributed by atoms with Crippen LogP contribution in [-0.4, -0.2) is 60.3 Å². The smallest absolute Gasteiger partial charge is 0.138 e. The fraction of sp³-hybridized carbons (Fsp3) is 0.521. The minimum atomic E-state index is 0.221. The Morgan fingerprint density at radius 3 is 1.20 bits per heavy atom. The third-order valence-corrected chi connectivity index (χ3v) is 23.2. The number of carbonyl (C=O) groups excluding carboxylic acids is 4. The first-order chi connectivity index (χ1) is 52.3. The number of para-hydroxylation sites is 1. The quantitative estimate of drug-likeness (QED) is 0.0309. The van der Waals surface area contributed by atoms with E-state index in [1.165, 1.54) is 116 Å². The van der Waals surface area contributed by atoms with E-state index in [-0.39, 0.29) is 30.0 Å². The van der Waals surface area contributed by atoms with E-state index in [9.17, 15) is 19.2 Å². The summed E-state index contributed by atoms with van der Waals surface area (Å²) in [4.78, 5) is 44.4. The summed E-state index contributed by atoms with van der Waals surface area (Å²) in [5, 5.41) is 2.16. The SMILES string of the molecule is CC(=O)C1CC1COc1ccc(C2CCCC(OC(C)C)C2)cc1.CC(=O)CCCCc1ccc(C2CCCCC(Oc3ccc(Cl)cc3)C2)cc1.CC(=O)CCCCc1ccc(C2CCCCC(Oc3cccc(Cl)c3)C2)cc1.CC(=O)CCCCc1ccc(C2CCCCC(Oc3ccccc3Cl)C2)cc1. The number of aryl methyl sites for hydroxylation is 3. The molecule has 12 heteroatoms. The maximum absolute atomic E-state index is 11.3. The van der Waals surface area contributed by atoms with Gasteiger partial charge in [-0.2, -0.15) is 0 Å². The van der Waals surface area contributed by atoms with Gasteiger partial charge >= 0.3 is 0 Å². The second-order valence-corrected chi connectivity index (χ2v) is 33.2. The lowest BCUT2D eigenvalue weighted by atomic mass is 9.82. The van der Waals surface area contributed by atoms with Crippen molar-refractivity contribution in [1.29, 1.82) is 0 Å². The molecule has 0 aromatic heterocycles. The molecule has 5 aliphatic rings. The number of rotatable bonds is 31. The van der Waals surface area contributed by atoms with Gasteiger partial charge in [0.1, 0.15) is 46.1 Å². The Morgan fingerprint density at radius 1 is 0.380 bits per heavy atom. The zero-order chi connectivity index (χ0) is 76.4. The van der Waals surface area contributed by atoms with Gasteiger partial charge in [0.05, 0.1) is 42.1 Å². The van der Waals surface area contributed by atoms with Gasteiger partial charge in [0.15, 0.2) is 0 Å². The maximum atomic E-state index is 11.3. The zero-order valence-electron chi connectivity index (χ0n) is 65.7. The molecule has 0 N–H and O–H groups in total. The monoisotopic (exact) mass is 1520 g/mol. The molecule has 10 atom stereocenters. The number of hydrogen-bond acceptors (Lipinski definition) is 9. The summed E-state index contributed by atoms with van der Waals surface area (Å²) in [6.07, 6.45) is 36.3. The zero-order valence-corrected chi connectivity index (χ0v) is 67.9. The number of hydrogen-bond donors (Lipinski definition) is 0. The number of unbranched alkanes of at least 4 members (excludes halogenated alkanes) is 3. The molecular formula is C96H123Cl3O9. The molecule has 0 radical (unpaired) electrons. The largest absolute Gasteiger partial charge is 0.493 e. The van der Waals surface area contributed by atoms with Gasteiger partial charge in [-0.1, -0.05) is 164 Å². The molecule has 108 heavy (non-hydrogen) atoms. The highest BCUT2D eigenvalue weighted by Gasteiger charge is 2.41. The number of ketones is 4. The Labute approximate surface area is 663 Å². The lowest BCUT2D eigenvalue weighted by Crippen LogP contribution is -2.24. The van der Waals surface area contributed by atoms with Crippen molar-refractivity contribution in [1.82, 2.24) is 0 Å². The molecule has 0 aliphatic heterocycles. The lowest BCUT2D eigenvalue weighted by Gasteiger charge is -2.30. The maximum Gasteiger partial charge on any atom is 0.138 e. The molecule has 5 aliphatic carbocycles. The van der Waals surface area contributed by atoms with Crippen molar-refractivity contribution < 1.29 is 42.9 Å². The average molecular weight is 1530 g/mol. The van der Waals surface area contributed by atoms with Crippen molar-refractivity contribution in [3.8, 4) is 23.0 Å². The van der Waals surface area contributed by atoms with Crippen LogP contribution in [0, 0.1) is 11.8 Å². The van der Waals surface area contributed by atoms with Crippen molar-refractivity contribution in [2.24, 2.45) is 11.8 Å². The Hall–Kier alpha value is -6.75. The van der Waals surface area contributed by atoms with Gasteiger partial charge in [0.2, 0.25) is 0 Å². The van der Waals surface area contributed by atoms with Gasteiger partial charge in [0, 0.05) is 41.1 Å². The van der Waals surface area contributed by atoms with E-state index < -0.39 is 0 Å². The summed E-state index contributed by atoms with van der Waals surface area (Å²) < 4.78 is 30.7. The second-order valence-electron chi connectivity index (χ2n) is 31.9. The first kappa shape index (κ1) is 85.3. The number of Topliss-reactive ketones (excluding diaryl/α,β-unsaturated/α-hetero) is 4. The molecule has 0 amide bonds. The van der Waals surface area contributed by atoms with Gasteiger partial charge in [-0.3, -0.25) is 4.79 Å². The van der Waals surface area contributed by atoms with Crippen LogP contribution in [0.5, 0.6) is 23.0 Å². The van der Waals surface area contributed by atoms with E-state index in [0.29, 0.717) is 90.0 Å². The third-order valence-electron chi connectivity index (χ3n) is 22.4. The number of halogens is 3. The highest BCUT2D eigenvalue weighted by Crippen LogP contribution is 2.42. The molecule has 0 bridgehead atoms. The molecule has 0 spiro atoms. The highest BCUT2D eigenvalue weighted by molar-refractivity contribution is 6.32. The summed E-state index contributed by atoms with van der Waals surface area (Å²) >= 11 is 18.4. The van der Waals surface area contributed by atoms with Crippen LogP contribution in [0.15, 0.2) is 170 Å². The van der Waals surface area contributed by atoms with Crippen LogP contribution in [0.25, 0.3) is 0 Å². The van der Waals surface area contributed by atoms with E-state index in [1.54, 1.807) is 27.7 Å². The van der Waals surface area contributed by atoms with E-state index in [2.05, 4.69) is 111 Å². The summed E-state index contributed by atoms with van der Waals surface area (Å²) in [7, 11) is 0. The van der Waals surface area contributed by atoms with Crippen LogP contribution < -0.4 is 18.9 Å². The average Bonchev–Trinajstić information content (AvgIpc) is 1.69. The summed E-state index contributed by atoms with van der Waals surface area (Å²) in [5.41, 5.74) is 9.77. The number of ether oxygens (including phenoxy) is 5. The van der Waals surface area contributed by atoms with Crippen molar-refractivity contribution in [2.75, 3.05) is 6.61 Å². The summed E-state index contributed by atoms with van der Waals surface area (Å²) in [6, 6.07) is 59.1. The molecule has 0 heterocycles. The molecule has 12 rings (SSSR count). The first-order valence-corrected chi connectivity index (χ1v) is 42.4. The number of benzene rings is 7. The van der Waals surface area contributed by atoms with Crippen LogP contribution >= 0.6 is 34.8 Å². The normalized spacial score (nSPS) is 21.9. The van der Waals surface area contributed by atoms with E-state index in [1.807, 2.05) is 72.8 Å². The standard InChI is InChI=1S/3C25H31ClO2.C21H30O3/c1-19(27)8-2-3-9-20-14-16-21(17-15-20)22-10-4-5-11-23(18-22)28-25-13-7-6-12-24(25)26;1-19(27)7-2-3-8-20-13-15-21(16-14-20)22-9-4-5-11-24(17-22)28-25-12-6-10-23(26)18-25;1-19(27)6-2-3-7-20-10-12-21(13-11-20)22-8-4-5-9-25(18-22)28-24-16-14-23(26)15-17-24;1-14(2)24-20-6-4-5-17(11-20)16-7-9-19(10-8-16)23-13-18-12-21(18)15(3)22/h6-7,12-17,22-23H,2-5,8-11,18H2,1H3;6,10,12-16,18,22,24H,2-5,7-9,11,17H2,1H3;10-17,22,25H,2-9,18H2,1H3;7-10,14,17-18,20-21H,4-6,11-13H2,1-3H3. The molecule has 7 aromatic rings.